The number of hydrogen-bond acceptors (Lipinski definition) is 1. The number of para-hydroxylation sites is 2. The highest BCUT2D eigenvalue weighted by molar-refractivity contribution is 6.10. The van der Waals surface area contributed by atoms with Crippen molar-refractivity contribution < 1.29 is 0 Å². The summed E-state index contributed by atoms with van der Waals surface area (Å²) in [6.45, 7) is 4.79. The largest absolute Gasteiger partial charge is 0.310 e. The predicted octanol–water partition coefficient (Wildman–Crippen LogP) is 14.0. The molecule has 0 saturated heterocycles. The van der Waals surface area contributed by atoms with Crippen molar-refractivity contribution in [3.05, 3.63) is 199 Å². The highest BCUT2D eigenvalue weighted by Gasteiger charge is 2.37. The lowest BCUT2D eigenvalue weighted by Gasteiger charge is -2.29. The first-order valence-corrected chi connectivity index (χ1v) is 18.7. The molecule has 53 heavy (non-hydrogen) atoms. The van der Waals surface area contributed by atoms with Crippen molar-refractivity contribution in [2.45, 2.75) is 32.1 Å². The van der Waals surface area contributed by atoms with Gasteiger partial charge >= 0.3 is 0 Å². The Morgan fingerprint density at radius 3 is 1.91 bits per heavy atom. The molecule has 2 nitrogen and oxygen atoms in total. The monoisotopic (exact) mass is 680 g/mol. The number of benzene rings is 7. The first-order chi connectivity index (χ1) is 26.0. The van der Waals surface area contributed by atoms with Crippen LogP contribution >= 0.6 is 0 Å². The van der Waals surface area contributed by atoms with E-state index in [2.05, 4.69) is 205 Å². The van der Waals surface area contributed by atoms with Gasteiger partial charge in [0.25, 0.3) is 0 Å². The van der Waals surface area contributed by atoms with Gasteiger partial charge in [0.15, 0.2) is 0 Å². The molecule has 8 aromatic rings. The van der Waals surface area contributed by atoms with E-state index < -0.39 is 0 Å². The molecular weight excluding hydrogens is 641 g/mol. The first-order valence-electron chi connectivity index (χ1n) is 18.7. The molecule has 0 amide bonds. The predicted molar refractivity (Wildman–Crippen MR) is 225 cm³/mol. The molecule has 0 aliphatic heterocycles. The second kappa shape index (κ2) is 12.4. The Hall–Kier alpha value is -6.38. The summed E-state index contributed by atoms with van der Waals surface area (Å²) in [6, 6.07) is 62.1. The molecule has 7 aromatic carbocycles. The Morgan fingerprint density at radius 1 is 0.509 bits per heavy atom. The molecule has 1 heterocycles. The van der Waals surface area contributed by atoms with Crippen LogP contribution in [0.15, 0.2) is 188 Å². The fraction of sp³-hybridized carbons (Fsp3) is 0.0980. The number of aromatic nitrogens is 1. The Labute approximate surface area is 311 Å². The Kier molecular flexibility index (Phi) is 7.33. The van der Waals surface area contributed by atoms with Gasteiger partial charge in [-0.3, -0.25) is 0 Å². The van der Waals surface area contributed by atoms with Crippen LogP contribution < -0.4 is 4.90 Å². The van der Waals surface area contributed by atoms with Crippen LogP contribution in [0.1, 0.15) is 37.8 Å². The zero-order chi connectivity index (χ0) is 35.5. The molecule has 0 radical (unpaired) electrons. The average molecular weight is 681 g/mol. The number of hydrogen-bond donors (Lipinski definition) is 0. The van der Waals surface area contributed by atoms with E-state index in [1.165, 1.54) is 66.4 Å². The topological polar surface area (TPSA) is 8.17 Å². The van der Waals surface area contributed by atoms with E-state index in [0.717, 1.165) is 29.9 Å². The summed E-state index contributed by atoms with van der Waals surface area (Å²) in [5.41, 5.74) is 17.8. The second-order valence-corrected chi connectivity index (χ2v) is 14.9. The van der Waals surface area contributed by atoms with Gasteiger partial charge in [-0.15, -0.1) is 0 Å². The van der Waals surface area contributed by atoms with Crippen LogP contribution in [0.3, 0.4) is 0 Å². The minimum absolute atomic E-state index is 0.0189. The molecule has 0 saturated carbocycles. The smallest absolute Gasteiger partial charge is 0.0541 e. The fourth-order valence-electron chi connectivity index (χ4n) is 8.84. The first kappa shape index (κ1) is 31.4. The van der Waals surface area contributed by atoms with Crippen molar-refractivity contribution in [1.82, 2.24) is 4.57 Å². The summed E-state index contributed by atoms with van der Waals surface area (Å²) in [5.74, 6) is 0. The van der Waals surface area contributed by atoms with Crippen LogP contribution in [0, 0.1) is 0 Å². The lowest BCUT2D eigenvalue weighted by atomic mass is 9.78. The van der Waals surface area contributed by atoms with E-state index in [-0.39, 0.29) is 5.41 Å². The molecule has 0 atom stereocenters. The highest BCUT2D eigenvalue weighted by Crippen LogP contribution is 2.51. The van der Waals surface area contributed by atoms with E-state index in [9.17, 15) is 0 Å². The second-order valence-electron chi connectivity index (χ2n) is 14.9. The van der Waals surface area contributed by atoms with Crippen LogP contribution in [-0.2, 0) is 5.41 Å². The zero-order valence-corrected chi connectivity index (χ0v) is 30.1. The number of nitrogens with zero attached hydrogens (tertiary/aromatic N) is 2. The molecule has 2 aliphatic rings. The van der Waals surface area contributed by atoms with Crippen molar-refractivity contribution >= 4 is 44.4 Å². The molecule has 0 unspecified atom stereocenters. The van der Waals surface area contributed by atoms with Gasteiger partial charge in [0.2, 0.25) is 0 Å². The molecule has 0 spiro atoms. The lowest BCUT2D eigenvalue weighted by Crippen LogP contribution is -2.18. The SMILES string of the molecule is CC1(C)C2=C(C=CCC2)c2ccc(N(c3ccccc3)c3ccc(-c4ccc5c(c4)c4ccccc4n5-c4ccc(-c5ccccc5)cc4)cc3)cc21. The van der Waals surface area contributed by atoms with Gasteiger partial charge in [-0.25, -0.2) is 0 Å². The van der Waals surface area contributed by atoms with Crippen LogP contribution in [0.4, 0.5) is 17.1 Å². The highest BCUT2D eigenvalue weighted by atomic mass is 15.1. The standard InChI is InChI=1S/C51H40N2/c1-51(2)47-19-11-9-17-43(47)44-31-30-42(34-48(44)51)52(39-15-7-4-8-16-39)40-26-23-37(24-27-40)38-25-32-50-46(33-38)45-18-10-12-20-49(45)53(50)41-28-21-36(22-29-41)35-13-5-3-6-14-35/h3-10,12-18,20-34H,11,19H2,1-2H3. The zero-order valence-electron chi connectivity index (χ0n) is 30.1. The van der Waals surface area contributed by atoms with Gasteiger partial charge in [0, 0.05) is 38.9 Å². The number of allylic oxidation sites excluding steroid dienone is 4. The third-order valence-corrected chi connectivity index (χ3v) is 11.5. The number of fused-ring (bicyclic) bond motifs is 5. The summed E-state index contributed by atoms with van der Waals surface area (Å²) in [6.07, 6.45) is 6.94. The maximum absolute atomic E-state index is 2.43. The number of rotatable bonds is 6. The molecular formula is C51H40N2. The Balaban J connectivity index is 1.02. The van der Waals surface area contributed by atoms with Gasteiger partial charge in [-0.2, -0.15) is 0 Å². The molecule has 1 aromatic heterocycles. The summed E-state index contributed by atoms with van der Waals surface area (Å²) >= 11 is 0. The van der Waals surface area contributed by atoms with Gasteiger partial charge in [0.1, 0.15) is 0 Å². The minimum Gasteiger partial charge on any atom is -0.310 e. The quantitative estimate of drug-likeness (QED) is 0.170. The molecule has 2 aliphatic carbocycles. The summed E-state index contributed by atoms with van der Waals surface area (Å²) in [4.78, 5) is 2.40. The number of anilines is 3. The molecule has 0 fully saturated rings. The van der Waals surface area contributed by atoms with Gasteiger partial charge in [-0.05, 0) is 119 Å². The third kappa shape index (κ3) is 5.17. The summed E-state index contributed by atoms with van der Waals surface area (Å²) in [7, 11) is 0. The normalized spacial score (nSPS) is 14.5. The van der Waals surface area contributed by atoms with Gasteiger partial charge < -0.3 is 9.47 Å². The van der Waals surface area contributed by atoms with Gasteiger partial charge in [0.05, 0.1) is 11.0 Å². The van der Waals surface area contributed by atoms with Crippen LogP contribution in [0.2, 0.25) is 0 Å². The van der Waals surface area contributed by atoms with Crippen molar-refractivity contribution in [1.29, 1.82) is 0 Å². The third-order valence-electron chi connectivity index (χ3n) is 11.5. The Morgan fingerprint density at radius 2 is 1.11 bits per heavy atom. The van der Waals surface area contributed by atoms with Gasteiger partial charge in [-0.1, -0.05) is 135 Å². The molecule has 2 heteroatoms. The average Bonchev–Trinajstić information content (AvgIpc) is 3.67. The summed E-state index contributed by atoms with van der Waals surface area (Å²) < 4.78 is 2.39. The van der Waals surface area contributed by atoms with E-state index >= 15 is 0 Å². The maximum Gasteiger partial charge on any atom is 0.0541 e. The Bertz CT molecular complexity index is 2710. The van der Waals surface area contributed by atoms with Crippen molar-refractivity contribution in [3.8, 4) is 27.9 Å². The van der Waals surface area contributed by atoms with E-state index in [1.807, 2.05) is 0 Å². The van der Waals surface area contributed by atoms with E-state index in [4.69, 9.17) is 0 Å². The molecule has 254 valence electrons. The van der Waals surface area contributed by atoms with E-state index in [0.29, 0.717) is 0 Å². The fourth-order valence-corrected chi connectivity index (χ4v) is 8.84. The molecule has 0 N–H and O–H groups in total. The van der Waals surface area contributed by atoms with Crippen LogP contribution in [-0.4, -0.2) is 4.57 Å². The van der Waals surface area contributed by atoms with Crippen molar-refractivity contribution in [2.24, 2.45) is 0 Å². The maximum atomic E-state index is 2.43. The minimum atomic E-state index is 0.0189. The van der Waals surface area contributed by atoms with Crippen LogP contribution in [0.25, 0.3) is 55.3 Å². The van der Waals surface area contributed by atoms with E-state index in [1.54, 1.807) is 5.57 Å². The summed E-state index contributed by atoms with van der Waals surface area (Å²) in [5, 5.41) is 2.52. The molecule has 0 bridgehead atoms. The van der Waals surface area contributed by atoms with Crippen molar-refractivity contribution in [2.75, 3.05) is 4.90 Å². The molecule has 10 rings (SSSR count). The van der Waals surface area contributed by atoms with Crippen molar-refractivity contribution in [3.63, 3.8) is 0 Å². The van der Waals surface area contributed by atoms with Crippen LogP contribution in [0.5, 0.6) is 0 Å². The lowest BCUT2D eigenvalue weighted by molar-refractivity contribution is 0.607.